The number of carbonyl (C=O) groups is 3. The molecular formula is C34H74N2O13Si2. The Morgan fingerprint density at radius 1 is 0.765 bits per heavy atom. The second-order valence-corrected chi connectivity index (χ2v) is 18.9. The molecule has 0 aromatic heterocycles. The summed E-state index contributed by atoms with van der Waals surface area (Å²) in [7, 11) is 7.41. The number of esters is 1. The lowest BCUT2D eigenvalue weighted by Gasteiger charge is -2.35. The van der Waals surface area contributed by atoms with Crippen LogP contribution in [-0.4, -0.2) is 156 Å². The Kier molecular flexibility index (Phi) is 31.5. The molecule has 0 aromatic carbocycles. The third-order valence-corrected chi connectivity index (χ3v) is 15.5. The van der Waals surface area contributed by atoms with Crippen molar-refractivity contribution in [2.45, 2.75) is 116 Å². The first-order valence-electron chi connectivity index (χ1n) is 17.7. The van der Waals surface area contributed by atoms with Gasteiger partial charge < -0.3 is 56.4 Å². The third-order valence-electron chi connectivity index (χ3n) is 9.29. The highest BCUT2D eigenvalue weighted by Crippen LogP contribution is 2.34. The maximum Gasteiger partial charge on any atom is 0.503 e. The molecule has 3 atom stereocenters. The molecule has 2 fully saturated rings. The van der Waals surface area contributed by atoms with Crippen molar-refractivity contribution < 1.29 is 61.0 Å². The zero-order valence-electron chi connectivity index (χ0n) is 34.2. The van der Waals surface area contributed by atoms with Crippen LogP contribution in [0.5, 0.6) is 0 Å². The van der Waals surface area contributed by atoms with Crippen LogP contribution in [0.15, 0.2) is 0 Å². The van der Waals surface area contributed by atoms with Crippen molar-refractivity contribution >= 4 is 35.4 Å². The molecule has 2 amide bonds. The van der Waals surface area contributed by atoms with E-state index in [-0.39, 0.29) is 35.4 Å². The predicted octanol–water partition coefficient (Wildman–Crippen LogP) is 3.49. The third kappa shape index (κ3) is 17.9. The van der Waals surface area contributed by atoms with Gasteiger partial charge in [0.2, 0.25) is 11.8 Å². The van der Waals surface area contributed by atoms with Gasteiger partial charge in [0.25, 0.3) is 0 Å². The normalized spacial score (nSPS) is 16.3. The summed E-state index contributed by atoms with van der Waals surface area (Å²) in [5.41, 5.74) is -0.356. The fourth-order valence-corrected chi connectivity index (χ4v) is 10.5. The Hall–Kier alpha value is -1.52. The quantitative estimate of drug-likeness (QED) is 0.0930. The van der Waals surface area contributed by atoms with Crippen LogP contribution in [-0.2, 0) is 45.7 Å². The van der Waals surface area contributed by atoms with Gasteiger partial charge in [0.05, 0.1) is 12.0 Å². The van der Waals surface area contributed by atoms with Gasteiger partial charge in [0.15, 0.2) is 0 Å². The molecule has 2 heterocycles. The monoisotopic (exact) mass is 774 g/mol. The average molecular weight is 775 g/mol. The number of carbonyl (C=O) groups excluding carboxylic acids is 3. The zero-order chi connectivity index (χ0) is 40.3. The Balaban J connectivity index is -0.000000814. The summed E-state index contributed by atoms with van der Waals surface area (Å²) in [6.07, 6.45) is 7.13. The van der Waals surface area contributed by atoms with Crippen LogP contribution >= 0.6 is 0 Å². The second kappa shape index (κ2) is 29.9. The maximum absolute atomic E-state index is 12.4. The average Bonchev–Trinajstić information content (AvgIpc) is 3.81. The minimum absolute atomic E-state index is 0.161. The van der Waals surface area contributed by atoms with Gasteiger partial charge in [-0.15, -0.1) is 0 Å². The molecule has 0 aliphatic carbocycles. The molecule has 2 saturated heterocycles. The van der Waals surface area contributed by atoms with Crippen molar-refractivity contribution in [3.8, 4) is 0 Å². The van der Waals surface area contributed by atoms with E-state index in [0.717, 1.165) is 66.5 Å². The molecule has 3 N–H and O–H groups in total. The predicted molar refractivity (Wildman–Crippen MR) is 201 cm³/mol. The first-order chi connectivity index (χ1) is 24.2. The highest BCUT2D eigenvalue weighted by atomic mass is 28.4. The molecule has 51 heavy (non-hydrogen) atoms. The maximum atomic E-state index is 12.4. The largest absolute Gasteiger partial charge is 0.503 e. The number of ether oxygens (including phenoxy) is 1. The molecule has 17 heteroatoms. The van der Waals surface area contributed by atoms with E-state index in [9.17, 15) is 14.4 Å². The standard InChI is InChI=1S/C18H35NO6Si.C13H27NO4Si.3CH4O/c1-15(19-12-7-9-16(19)20)10-11-18(2,3)17(21)25-13-8-14-26(22-4,23-5)24-6;1-6-12(19(16-3,17-4)18-5)10-11(2)14-9-7-8-13(14)15;3*1-2/h15H,7-14H2,1-6H3;11-12H,6-10H2,1-5H3;3*2H,1H3. The summed E-state index contributed by atoms with van der Waals surface area (Å²) in [5.74, 6) is 0.277. The van der Waals surface area contributed by atoms with Gasteiger partial charge in [-0.3, -0.25) is 14.4 Å². The minimum Gasteiger partial charge on any atom is -0.465 e. The lowest BCUT2D eigenvalue weighted by molar-refractivity contribution is -0.154. The number of nitrogens with zero attached hydrogens (tertiary/aromatic N) is 2. The summed E-state index contributed by atoms with van der Waals surface area (Å²) in [4.78, 5) is 39.9. The van der Waals surface area contributed by atoms with E-state index >= 15 is 0 Å². The van der Waals surface area contributed by atoms with Gasteiger partial charge in [-0.2, -0.15) is 0 Å². The van der Waals surface area contributed by atoms with Crippen molar-refractivity contribution in [2.75, 3.05) is 83.7 Å². The summed E-state index contributed by atoms with van der Waals surface area (Å²) in [6, 6.07) is 0.972. The van der Waals surface area contributed by atoms with Gasteiger partial charge in [-0.25, -0.2) is 0 Å². The van der Waals surface area contributed by atoms with E-state index in [1.807, 2.05) is 23.6 Å². The molecule has 0 aromatic rings. The molecule has 15 nitrogen and oxygen atoms in total. The minimum atomic E-state index is -2.62. The van der Waals surface area contributed by atoms with Gasteiger partial charge in [0.1, 0.15) is 0 Å². The molecule has 2 aliphatic rings. The first-order valence-corrected chi connectivity index (χ1v) is 21.4. The van der Waals surface area contributed by atoms with E-state index in [1.54, 1.807) is 42.7 Å². The Bertz CT molecular complexity index is 893. The molecule has 3 unspecified atom stereocenters. The highest BCUT2D eigenvalue weighted by Gasteiger charge is 2.47. The van der Waals surface area contributed by atoms with E-state index in [1.165, 1.54) is 0 Å². The van der Waals surface area contributed by atoms with Crippen LogP contribution in [0, 0.1) is 5.41 Å². The van der Waals surface area contributed by atoms with Crippen LogP contribution in [0.3, 0.4) is 0 Å². The Morgan fingerprint density at radius 2 is 1.20 bits per heavy atom. The van der Waals surface area contributed by atoms with Crippen molar-refractivity contribution in [2.24, 2.45) is 5.41 Å². The van der Waals surface area contributed by atoms with E-state index in [2.05, 4.69) is 20.8 Å². The fraction of sp³-hybridized carbons (Fsp3) is 0.912. The summed E-state index contributed by atoms with van der Waals surface area (Å²) < 4.78 is 38.2. The van der Waals surface area contributed by atoms with Gasteiger partial charge in [-0.05, 0) is 72.6 Å². The molecule has 0 bridgehead atoms. The molecule has 2 aliphatic heterocycles. The van der Waals surface area contributed by atoms with Gasteiger partial charge in [0, 0.05) is 114 Å². The molecule has 2 rings (SSSR count). The molecule has 0 radical (unpaired) electrons. The van der Waals surface area contributed by atoms with Crippen LogP contribution in [0.1, 0.15) is 92.4 Å². The lowest BCUT2D eigenvalue weighted by Crippen LogP contribution is -2.49. The van der Waals surface area contributed by atoms with E-state index < -0.39 is 23.0 Å². The van der Waals surface area contributed by atoms with Crippen molar-refractivity contribution in [1.82, 2.24) is 9.80 Å². The van der Waals surface area contributed by atoms with Crippen LogP contribution in [0.4, 0.5) is 0 Å². The van der Waals surface area contributed by atoms with E-state index in [4.69, 9.17) is 46.6 Å². The van der Waals surface area contributed by atoms with Crippen molar-refractivity contribution in [3.63, 3.8) is 0 Å². The van der Waals surface area contributed by atoms with E-state index in [0.29, 0.717) is 38.3 Å². The second-order valence-electron chi connectivity index (χ2n) is 12.6. The molecular weight excluding hydrogens is 701 g/mol. The lowest BCUT2D eigenvalue weighted by atomic mass is 9.86. The topological polar surface area (TPSA) is 183 Å². The number of likely N-dealkylation sites (tertiary alicyclic amines) is 2. The number of hydrogen-bond donors (Lipinski definition) is 3. The number of hydrogen-bond acceptors (Lipinski definition) is 13. The Labute approximate surface area is 310 Å². The van der Waals surface area contributed by atoms with Crippen molar-refractivity contribution in [3.05, 3.63) is 0 Å². The summed E-state index contributed by atoms with van der Waals surface area (Å²) in [6.45, 7) is 12.1. The smallest absolute Gasteiger partial charge is 0.465 e. The summed E-state index contributed by atoms with van der Waals surface area (Å²) >= 11 is 0. The fourth-order valence-electron chi connectivity index (χ4n) is 6.15. The van der Waals surface area contributed by atoms with Crippen molar-refractivity contribution in [1.29, 1.82) is 0 Å². The first kappa shape index (κ1) is 53.8. The van der Waals surface area contributed by atoms with Crippen LogP contribution in [0.25, 0.3) is 0 Å². The molecule has 0 spiro atoms. The van der Waals surface area contributed by atoms with Gasteiger partial charge in [-0.1, -0.05) is 6.92 Å². The van der Waals surface area contributed by atoms with Crippen LogP contribution < -0.4 is 0 Å². The van der Waals surface area contributed by atoms with Crippen LogP contribution in [0.2, 0.25) is 11.6 Å². The molecule has 0 saturated carbocycles. The SMILES string of the molecule is CCC(CC(C)N1CCCC1=O)[Si](OC)(OC)OC.CO.CO.CO.CO[Si](CCCOC(=O)C(C)(C)CCC(C)N1CCCC1=O)(OC)OC. The number of rotatable bonds is 20. The Morgan fingerprint density at radius 3 is 1.55 bits per heavy atom. The number of aliphatic hydroxyl groups is 3. The van der Waals surface area contributed by atoms with Gasteiger partial charge >= 0.3 is 23.6 Å². The molecule has 306 valence electrons. The summed E-state index contributed by atoms with van der Waals surface area (Å²) in [5, 5.41) is 21.0. The number of amides is 2. The highest BCUT2D eigenvalue weighted by molar-refractivity contribution is 6.62. The number of aliphatic hydroxyl groups excluding tert-OH is 3. The zero-order valence-corrected chi connectivity index (χ0v) is 36.2.